The molecule has 2 N–H and O–H groups in total. The van der Waals surface area contributed by atoms with Crippen molar-refractivity contribution in [2.24, 2.45) is 0 Å². The van der Waals surface area contributed by atoms with Gasteiger partial charge in [-0.25, -0.2) is 18.3 Å². The minimum absolute atomic E-state index is 0.237. The van der Waals surface area contributed by atoms with Crippen LogP contribution in [-0.4, -0.2) is 32.9 Å². The van der Waals surface area contributed by atoms with Crippen LogP contribution in [0.15, 0.2) is 59.9 Å². The number of nitrogens with zero attached hydrogens (tertiary/aromatic N) is 3. The number of aromatic nitrogens is 3. The number of rotatable bonds is 5. The van der Waals surface area contributed by atoms with E-state index in [-0.39, 0.29) is 4.90 Å². The number of fused-ring (bicyclic) bond motifs is 1. The van der Waals surface area contributed by atoms with Gasteiger partial charge in [-0.2, -0.15) is 5.10 Å². The summed E-state index contributed by atoms with van der Waals surface area (Å²) in [6.45, 7) is 1.59. The van der Waals surface area contributed by atoms with Gasteiger partial charge < -0.3 is 14.6 Å². The average Bonchev–Trinajstić information content (AvgIpc) is 3.19. The van der Waals surface area contributed by atoms with Crippen LogP contribution in [0.4, 0.5) is 14.5 Å². The zero-order chi connectivity index (χ0) is 22.7. The Morgan fingerprint density at radius 3 is 2.75 bits per heavy atom. The van der Waals surface area contributed by atoms with Crippen molar-refractivity contribution in [2.45, 2.75) is 17.9 Å². The standard InChI is InChI=1S/C23H18F2N4O2S/c1-14(30)3-4-16-13-27-29-8-7-15(10-21(16)29)17-9-20(23(31-2)26-12-17)28-32-22-6-5-18(24)11-19(22)25/h5-14,28,30H,1-2H3. The molecule has 3 aromatic heterocycles. The van der Waals surface area contributed by atoms with Gasteiger partial charge in [0.05, 0.1) is 29.3 Å². The van der Waals surface area contributed by atoms with E-state index < -0.39 is 17.7 Å². The Bertz CT molecular complexity index is 1350. The van der Waals surface area contributed by atoms with E-state index in [4.69, 9.17) is 4.74 Å². The minimum atomic E-state index is -0.740. The number of methoxy groups -OCH3 is 1. The number of anilines is 1. The molecule has 9 heteroatoms. The van der Waals surface area contributed by atoms with E-state index in [1.807, 2.05) is 18.2 Å². The number of hydrogen-bond acceptors (Lipinski definition) is 6. The van der Waals surface area contributed by atoms with E-state index >= 15 is 0 Å². The fraction of sp³-hybridized carbons (Fsp3) is 0.130. The molecule has 0 bridgehead atoms. The Kier molecular flexibility index (Phi) is 6.25. The van der Waals surface area contributed by atoms with E-state index in [0.29, 0.717) is 17.1 Å². The van der Waals surface area contributed by atoms with E-state index in [1.165, 1.54) is 19.2 Å². The molecule has 162 valence electrons. The molecular formula is C23H18F2N4O2S. The van der Waals surface area contributed by atoms with E-state index in [9.17, 15) is 13.9 Å². The highest BCUT2D eigenvalue weighted by Gasteiger charge is 2.12. The van der Waals surface area contributed by atoms with Crippen molar-refractivity contribution in [3.05, 3.63) is 72.2 Å². The van der Waals surface area contributed by atoms with Gasteiger partial charge in [-0.3, -0.25) is 0 Å². The predicted octanol–water partition coefficient (Wildman–Crippen LogP) is 4.53. The van der Waals surface area contributed by atoms with Gasteiger partial charge in [0.1, 0.15) is 23.4 Å². The molecule has 1 atom stereocenters. The number of ether oxygens (including phenoxy) is 1. The van der Waals surface area contributed by atoms with Gasteiger partial charge in [0.2, 0.25) is 5.88 Å². The summed E-state index contributed by atoms with van der Waals surface area (Å²) in [5.74, 6) is 4.68. The molecule has 1 aromatic carbocycles. The molecule has 0 saturated carbocycles. The third-order valence-electron chi connectivity index (χ3n) is 4.48. The van der Waals surface area contributed by atoms with Crippen molar-refractivity contribution < 1.29 is 18.6 Å². The van der Waals surface area contributed by atoms with Crippen LogP contribution in [0.2, 0.25) is 0 Å². The molecule has 0 aliphatic rings. The first-order valence-corrected chi connectivity index (χ1v) is 10.4. The molecule has 3 heterocycles. The Labute approximate surface area is 187 Å². The van der Waals surface area contributed by atoms with E-state index in [2.05, 4.69) is 26.6 Å². The Morgan fingerprint density at radius 1 is 1.16 bits per heavy atom. The maximum absolute atomic E-state index is 14.0. The lowest BCUT2D eigenvalue weighted by atomic mass is 10.1. The van der Waals surface area contributed by atoms with Crippen molar-refractivity contribution in [1.82, 2.24) is 14.6 Å². The van der Waals surface area contributed by atoms with Crippen molar-refractivity contribution >= 4 is 23.2 Å². The van der Waals surface area contributed by atoms with Gasteiger partial charge in [-0.1, -0.05) is 11.8 Å². The Balaban J connectivity index is 1.66. The van der Waals surface area contributed by atoms with Gasteiger partial charge >= 0.3 is 0 Å². The zero-order valence-electron chi connectivity index (χ0n) is 17.1. The third kappa shape index (κ3) is 4.66. The highest BCUT2D eigenvalue weighted by Crippen LogP contribution is 2.33. The summed E-state index contributed by atoms with van der Waals surface area (Å²) in [5.41, 5.74) is 3.64. The Hall–Kier alpha value is -3.61. The van der Waals surface area contributed by atoms with Gasteiger partial charge in [-0.15, -0.1) is 0 Å². The van der Waals surface area contributed by atoms with Crippen LogP contribution >= 0.6 is 11.9 Å². The summed E-state index contributed by atoms with van der Waals surface area (Å²) in [4.78, 5) is 4.57. The molecule has 0 radical (unpaired) electrons. The number of aliphatic hydroxyl groups excluding tert-OH is 1. The molecule has 6 nitrogen and oxygen atoms in total. The molecule has 0 spiro atoms. The molecule has 4 rings (SSSR count). The van der Waals surface area contributed by atoms with E-state index in [0.717, 1.165) is 34.7 Å². The molecule has 0 amide bonds. The van der Waals surface area contributed by atoms with Crippen molar-refractivity contribution in [2.75, 3.05) is 11.8 Å². The second-order valence-corrected chi connectivity index (χ2v) is 7.66. The lowest BCUT2D eigenvalue weighted by Gasteiger charge is -2.12. The maximum atomic E-state index is 14.0. The second-order valence-electron chi connectivity index (χ2n) is 6.81. The largest absolute Gasteiger partial charge is 0.480 e. The third-order valence-corrected chi connectivity index (χ3v) is 5.35. The number of pyridine rings is 2. The van der Waals surface area contributed by atoms with Crippen LogP contribution in [0.5, 0.6) is 5.88 Å². The number of hydrogen-bond donors (Lipinski definition) is 2. The lowest BCUT2D eigenvalue weighted by Crippen LogP contribution is -1.97. The summed E-state index contributed by atoms with van der Waals surface area (Å²) in [5, 5.41) is 13.7. The van der Waals surface area contributed by atoms with Crippen molar-refractivity contribution in [3.63, 3.8) is 0 Å². The summed E-state index contributed by atoms with van der Waals surface area (Å²) in [6, 6.07) is 9.00. The SMILES string of the molecule is COc1ncc(-c2ccn3ncc(C#CC(C)O)c3c2)cc1NSc1ccc(F)cc1F. The predicted molar refractivity (Wildman–Crippen MR) is 119 cm³/mol. The molecule has 0 fully saturated rings. The van der Waals surface area contributed by atoms with Gasteiger partial charge in [0, 0.05) is 24.0 Å². The molecule has 0 aliphatic carbocycles. The molecule has 0 saturated heterocycles. The monoisotopic (exact) mass is 452 g/mol. The molecule has 1 unspecified atom stereocenters. The zero-order valence-corrected chi connectivity index (χ0v) is 18.0. The summed E-state index contributed by atoms with van der Waals surface area (Å²) < 4.78 is 37.1. The van der Waals surface area contributed by atoms with Gasteiger partial charge in [0.25, 0.3) is 0 Å². The minimum Gasteiger partial charge on any atom is -0.480 e. The second kappa shape index (κ2) is 9.26. The highest BCUT2D eigenvalue weighted by molar-refractivity contribution is 8.00. The lowest BCUT2D eigenvalue weighted by molar-refractivity contribution is 0.253. The fourth-order valence-electron chi connectivity index (χ4n) is 2.95. The van der Waals surface area contributed by atoms with Crippen LogP contribution in [0.3, 0.4) is 0 Å². The van der Waals surface area contributed by atoms with Crippen molar-refractivity contribution in [1.29, 1.82) is 0 Å². The summed E-state index contributed by atoms with van der Waals surface area (Å²) >= 11 is 0.990. The first-order valence-electron chi connectivity index (χ1n) is 9.54. The van der Waals surface area contributed by atoms with Gasteiger partial charge in [-0.05, 0) is 54.8 Å². The summed E-state index contributed by atoms with van der Waals surface area (Å²) in [7, 11) is 1.49. The van der Waals surface area contributed by atoms with Crippen LogP contribution in [0.25, 0.3) is 16.6 Å². The van der Waals surface area contributed by atoms with Crippen LogP contribution in [0.1, 0.15) is 12.5 Å². The first-order chi connectivity index (χ1) is 15.4. The smallest absolute Gasteiger partial charge is 0.237 e. The maximum Gasteiger partial charge on any atom is 0.237 e. The molecule has 0 aliphatic heterocycles. The molecule has 4 aromatic rings. The van der Waals surface area contributed by atoms with Crippen molar-refractivity contribution in [3.8, 4) is 28.8 Å². The fourth-order valence-corrected chi connectivity index (χ4v) is 3.61. The number of benzene rings is 1. The average molecular weight is 452 g/mol. The van der Waals surface area contributed by atoms with E-state index in [1.54, 1.807) is 30.0 Å². The van der Waals surface area contributed by atoms with Gasteiger partial charge in [0.15, 0.2) is 0 Å². The summed E-state index contributed by atoms with van der Waals surface area (Å²) in [6.07, 6.45) is 4.37. The topological polar surface area (TPSA) is 71.7 Å². The van der Waals surface area contributed by atoms with Crippen LogP contribution in [0, 0.1) is 23.5 Å². The molecule has 32 heavy (non-hydrogen) atoms. The quantitative estimate of drug-likeness (QED) is 0.342. The Morgan fingerprint density at radius 2 is 2.00 bits per heavy atom. The normalized spacial score (nSPS) is 11.7. The number of aliphatic hydroxyl groups is 1. The number of halogens is 2. The number of nitrogens with one attached hydrogen (secondary N) is 1. The van der Waals surface area contributed by atoms with Crippen LogP contribution < -0.4 is 9.46 Å². The highest BCUT2D eigenvalue weighted by atomic mass is 32.2. The molecular weight excluding hydrogens is 434 g/mol. The van der Waals surface area contributed by atoms with Crippen LogP contribution in [-0.2, 0) is 0 Å². The first kappa shape index (κ1) is 21.6.